The smallest absolute Gasteiger partial charge is 0.0709 e. The van der Waals surface area contributed by atoms with Crippen LogP contribution in [0.3, 0.4) is 0 Å². The summed E-state index contributed by atoms with van der Waals surface area (Å²) in [5.74, 6) is 0. The van der Waals surface area contributed by atoms with Gasteiger partial charge in [0.05, 0.1) is 11.7 Å². The van der Waals surface area contributed by atoms with Gasteiger partial charge in [-0.2, -0.15) is 5.10 Å². The highest BCUT2D eigenvalue weighted by molar-refractivity contribution is 5.54. The number of rotatable bonds is 4. The maximum atomic E-state index is 4.31. The second-order valence-electron chi connectivity index (χ2n) is 3.50. The molecule has 0 saturated carbocycles. The Morgan fingerprint density at radius 2 is 2.47 bits per heavy atom. The molecular formula is C12H15N3. The van der Waals surface area contributed by atoms with E-state index in [1.807, 2.05) is 42.2 Å². The lowest BCUT2D eigenvalue weighted by atomic mass is 10.1. The molecular weight excluding hydrogens is 186 g/mol. The molecule has 0 fully saturated rings. The van der Waals surface area contributed by atoms with Gasteiger partial charge < -0.3 is 5.32 Å². The zero-order chi connectivity index (χ0) is 10.7. The van der Waals surface area contributed by atoms with E-state index in [1.54, 1.807) is 0 Å². The number of nitrogens with one attached hydrogen (secondary N) is 1. The molecule has 2 aromatic rings. The molecule has 1 N–H and O–H groups in total. The van der Waals surface area contributed by atoms with Crippen LogP contribution in [0.1, 0.15) is 18.0 Å². The van der Waals surface area contributed by atoms with Crippen LogP contribution in [-0.4, -0.2) is 16.7 Å². The van der Waals surface area contributed by atoms with Gasteiger partial charge in [0.1, 0.15) is 0 Å². The van der Waals surface area contributed by atoms with E-state index in [1.165, 1.54) is 5.56 Å². The van der Waals surface area contributed by atoms with E-state index < -0.39 is 0 Å². The van der Waals surface area contributed by atoms with Crippen molar-refractivity contribution in [3.8, 4) is 0 Å². The third-order valence-corrected chi connectivity index (χ3v) is 2.58. The van der Waals surface area contributed by atoms with Crippen LogP contribution in [0.5, 0.6) is 0 Å². The van der Waals surface area contributed by atoms with Crippen LogP contribution in [-0.2, 0) is 0 Å². The largest absolute Gasteiger partial charge is 0.313 e. The van der Waals surface area contributed by atoms with E-state index in [0.717, 1.165) is 11.9 Å². The minimum absolute atomic E-state index is 0.294. The summed E-state index contributed by atoms with van der Waals surface area (Å²) in [5, 5.41) is 7.59. The summed E-state index contributed by atoms with van der Waals surface area (Å²) in [4.78, 5) is 0. The van der Waals surface area contributed by atoms with Crippen molar-refractivity contribution < 1.29 is 0 Å². The summed E-state index contributed by atoms with van der Waals surface area (Å²) in [5.41, 5.74) is 2.37. The third-order valence-electron chi connectivity index (χ3n) is 2.58. The average molecular weight is 201 g/mol. The molecule has 2 heterocycles. The number of aromatic nitrogens is 2. The molecule has 2 aromatic heterocycles. The van der Waals surface area contributed by atoms with Gasteiger partial charge in [0.15, 0.2) is 0 Å². The number of fused-ring (bicyclic) bond motifs is 1. The van der Waals surface area contributed by atoms with E-state index in [-0.39, 0.29) is 0 Å². The Hall–Kier alpha value is -1.61. The Balaban J connectivity index is 2.45. The van der Waals surface area contributed by atoms with Gasteiger partial charge in [-0.15, -0.1) is 6.58 Å². The van der Waals surface area contributed by atoms with E-state index >= 15 is 0 Å². The molecule has 3 heteroatoms. The highest BCUT2D eigenvalue weighted by Gasteiger charge is 2.12. The van der Waals surface area contributed by atoms with Crippen molar-refractivity contribution in [3.05, 3.63) is 48.8 Å². The Morgan fingerprint density at radius 1 is 1.60 bits per heavy atom. The number of nitrogens with zero attached hydrogens (tertiary/aromatic N) is 2. The number of pyridine rings is 1. The second-order valence-corrected chi connectivity index (χ2v) is 3.50. The number of hydrogen-bond donors (Lipinski definition) is 1. The molecule has 0 aromatic carbocycles. The van der Waals surface area contributed by atoms with Crippen LogP contribution in [0.15, 0.2) is 43.2 Å². The second kappa shape index (κ2) is 4.28. The first-order chi connectivity index (χ1) is 7.36. The lowest BCUT2D eigenvalue weighted by molar-refractivity contribution is 0.608. The standard InChI is InChI=1S/C12H15N3/c1-3-6-11(13-2)10-9-14-15-8-5-4-7-12(10)15/h3-5,7-9,11,13H,1,6H2,2H3. The van der Waals surface area contributed by atoms with Gasteiger partial charge in [0.25, 0.3) is 0 Å². The highest BCUT2D eigenvalue weighted by Crippen LogP contribution is 2.21. The predicted molar refractivity (Wildman–Crippen MR) is 61.8 cm³/mol. The zero-order valence-electron chi connectivity index (χ0n) is 8.85. The molecule has 78 valence electrons. The van der Waals surface area contributed by atoms with Crippen LogP contribution >= 0.6 is 0 Å². The third kappa shape index (κ3) is 1.78. The first kappa shape index (κ1) is 9.93. The van der Waals surface area contributed by atoms with Crippen LogP contribution in [0.25, 0.3) is 5.52 Å². The van der Waals surface area contributed by atoms with Gasteiger partial charge in [-0.25, -0.2) is 4.52 Å². The van der Waals surface area contributed by atoms with Gasteiger partial charge in [-0.05, 0) is 25.6 Å². The molecule has 3 nitrogen and oxygen atoms in total. The summed E-state index contributed by atoms with van der Waals surface area (Å²) in [6, 6.07) is 6.38. The van der Waals surface area contributed by atoms with Gasteiger partial charge in [0, 0.05) is 17.8 Å². The molecule has 0 aliphatic carbocycles. The van der Waals surface area contributed by atoms with E-state index in [4.69, 9.17) is 0 Å². The molecule has 1 atom stereocenters. The van der Waals surface area contributed by atoms with Crippen molar-refractivity contribution in [1.82, 2.24) is 14.9 Å². The predicted octanol–water partition coefficient (Wildman–Crippen LogP) is 2.17. The first-order valence-corrected chi connectivity index (χ1v) is 5.07. The van der Waals surface area contributed by atoms with Crippen LogP contribution in [0.2, 0.25) is 0 Å². The fourth-order valence-corrected chi connectivity index (χ4v) is 1.79. The maximum absolute atomic E-state index is 4.31. The number of hydrogen-bond acceptors (Lipinski definition) is 2. The monoisotopic (exact) mass is 201 g/mol. The van der Waals surface area contributed by atoms with Crippen molar-refractivity contribution >= 4 is 5.52 Å². The molecule has 0 aliphatic heterocycles. The summed E-state index contributed by atoms with van der Waals surface area (Å²) < 4.78 is 1.89. The van der Waals surface area contributed by atoms with Crippen molar-refractivity contribution in [3.63, 3.8) is 0 Å². The summed E-state index contributed by atoms with van der Waals surface area (Å²) in [6.45, 7) is 3.77. The summed E-state index contributed by atoms with van der Waals surface area (Å²) in [6.07, 6.45) is 6.71. The van der Waals surface area contributed by atoms with E-state index in [9.17, 15) is 0 Å². The fraction of sp³-hybridized carbons (Fsp3) is 0.250. The van der Waals surface area contributed by atoms with Gasteiger partial charge in [-0.1, -0.05) is 12.1 Å². The summed E-state index contributed by atoms with van der Waals surface area (Å²) in [7, 11) is 1.96. The molecule has 0 bridgehead atoms. The Labute approximate surface area is 89.4 Å². The Kier molecular flexibility index (Phi) is 2.83. The lowest BCUT2D eigenvalue weighted by Gasteiger charge is -2.12. The van der Waals surface area contributed by atoms with Crippen molar-refractivity contribution in [1.29, 1.82) is 0 Å². The van der Waals surface area contributed by atoms with Crippen LogP contribution in [0, 0.1) is 0 Å². The van der Waals surface area contributed by atoms with Crippen LogP contribution in [0.4, 0.5) is 0 Å². The minimum Gasteiger partial charge on any atom is -0.313 e. The molecule has 0 aliphatic rings. The van der Waals surface area contributed by atoms with E-state index in [0.29, 0.717) is 6.04 Å². The quantitative estimate of drug-likeness (QED) is 0.768. The van der Waals surface area contributed by atoms with Gasteiger partial charge in [-0.3, -0.25) is 0 Å². The van der Waals surface area contributed by atoms with Crippen molar-refractivity contribution in [2.24, 2.45) is 0 Å². The molecule has 0 amide bonds. The lowest BCUT2D eigenvalue weighted by Crippen LogP contribution is -2.15. The van der Waals surface area contributed by atoms with Gasteiger partial charge in [0.2, 0.25) is 0 Å². The molecule has 0 saturated heterocycles. The minimum atomic E-state index is 0.294. The molecule has 15 heavy (non-hydrogen) atoms. The topological polar surface area (TPSA) is 29.3 Å². The SMILES string of the molecule is C=CCC(NC)c1cnn2ccccc12. The van der Waals surface area contributed by atoms with Gasteiger partial charge >= 0.3 is 0 Å². The first-order valence-electron chi connectivity index (χ1n) is 5.07. The molecule has 1 unspecified atom stereocenters. The zero-order valence-corrected chi connectivity index (χ0v) is 8.85. The van der Waals surface area contributed by atoms with E-state index in [2.05, 4.69) is 23.1 Å². The highest BCUT2D eigenvalue weighted by atomic mass is 15.2. The van der Waals surface area contributed by atoms with Crippen molar-refractivity contribution in [2.45, 2.75) is 12.5 Å². The molecule has 0 radical (unpaired) electrons. The fourth-order valence-electron chi connectivity index (χ4n) is 1.79. The average Bonchev–Trinajstić information content (AvgIpc) is 2.70. The summed E-state index contributed by atoms with van der Waals surface area (Å²) >= 11 is 0. The van der Waals surface area contributed by atoms with Crippen molar-refractivity contribution in [2.75, 3.05) is 7.05 Å². The maximum Gasteiger partial charge on any atom is 0.0709 e. The molecule has 2 rings (SSSR count). The molecule has 0 spiro atoms. The van der Waals surface area contributed by atoms with Crippen LogP contribution < -0.4 is 5.32 Å². The normalized spacial score (nSPS) is 12.9. The Bertz CT molecular complexity index is 459. The Morgan fingerprint density at radius 3 is 3.20 bits per heavy atom.